The number of ether oxygens (including phenoxy) is 1. The Morgan fingerprint density at radius 2 is 2.06 bits per heavy atom. The standard InChI is InChI=1S/C14H22N2O/c1-3-17-14-10-12(4-5-13(14)15)11-6-8-16(2)9-7-11/h4-5,10-11H,3,6-9,15H2,1-2H3. The molecule has 94 valence electrons. The molecular formula is C14H22N2O. The Morgan fingerprint density at radius 1 is 1.35 bits per heavy atom. The number of likely N-dealkylation sites (tertiary alicyclic amines) is 1. The van der Waals surface area contributed by atoms with E-state index in [9.17, 15) is 0 Å². The lowest BCUT2D eigenvalue weighted by Crippen LogP contribution is -2.29. The maximum Gasteiger partial charge on any atom is 0.142 e. The van der Waals surface area contributed by atoms with Crippen molar-refractivity contribution >= 4 is 5.69 Å². The summed E-state index contributed by atoms with van der Waals surface area (Å²) in [6, 6.07) is 6.24. The van der Waals surface area contributed by atoms with Crippen LogP contribution in [0, 0.1) is 0 Å². The summed E-state index contributed by atoms with van der Waals surface area (Å²) in [6.45, 7) is 5.01. The average Bonchev–Trinajstić information content (AvgIpc) is 2.33. The SMILES string of the molecule is CCOc1cc(C2CCN(C)CC2)ccc1N. The van der Waals surface area contributed by atoms with Crippen LogP contribution in [-0.4, -0.2) is 31.6 Å². The number of benzene rings is 1. The van der Waals surface area contributed by atoms with Crippen molar-refractivity contribution in [2.45, 2.75) is 25.7 Å². The van der Waals surface area contributed by atoms with Gasteiger partial charge < -0.3 is 15.4 Å². The van der Waals surface area contributed by atoms with Crippen LogP contribution in [0.15, 0.2) is 18.2 Å². The first-order chi connectivity index (χ1) is 8.20. The first-order valence-electron chi connectivity index (χ1n) is 6.41. The zero-order valence-electron chi connectivity index (χ0n) is 10.8. The van der Waals surface area contributed by atoms with Crippen molar-refractivity contribution in [1.82, 2.24) is 4.90 Å². The summed E-state index contributed by atoms with van der Waals surface area (Å²) in [5.41, 5.74) is 8.00. The summed E-state index contributed by atoms with van der Waals surface area (Å²) in [6.07, 6.45) is 2.46. The Bertz CT molecular complexity index is 370. The minimum absolute atomic E-state index is 0.658. The van der Waals surface area contributed by atoms with Crippen LogP contribution < -0.4 is 10.5 Å². The molecule has 2 N–H and O–H groups in total. The molecule has 0 aliphatic carbocycles. The van der Waals surface area contributed by atoms with Crippen LogP contribution in [0.2, 0.25) is 0 Å². The normalized spacial score (nSPS) is 18.2. The molecule has 0 radical (unpaired) electrons. The van der Waals surface area contributed by atoms with Gasteiger partial charge in [0.05, 0.1) is 12.3 Å². The molecule has 0 amide bonds. The molecule has 17 heavy (non-hydrogen) atoms. The van der Waals surface area contributed by atoms with Gasteiger partial charge in [-0.15, -0.1) is 0 Å². The third-order valence-electron chi connectivity index (χ3n) is 3.53. The molecule has 0 aromatic heterocycles. The maximum absolute atomic E-state index is 5.89. The smallest absolute Gasteiger partial charge is 0.142 e. The largest absolute Gasteiger partial charge is 0.492 e. The van der Waals surface area contributed by atoms with E-state index in [1.807, 2.05) is 13.0 Å². The second-order valence-corrected chi connectivity index (χ2v) is 4.81. The highest BCUT2D eigenvalue weighted by atomic mass is 16.5. The lowest BCUT2D eigenvalue weighted by Gasteiger charge is -2.29. The molecule has 1 aliphatic rings. The van der Waals surface area contributed by atoms with Crippen LogP contribution in [0.1, 0.15) is 31.2 Å². The van der Waals surface area contributed by atoms with E-state index in [1.54, 1.807) is 0 Å². The van der Waals surface area contributed by atoms with E-state index in [1.165, 1.54) is 31.5 Å². The van der Waals surface area contributed by atoms with Crippen LogP contribution in [0.3, 0.4) is 0 Å². The highest BCUT2D eigenvalue weighted by molar-refractivity contribution is 5.54. The summed E-state index contributed by atoms with van der Waals surface area (Å²) < 4.78 is 5.55. The monoisotopic (exact) mass is 234 g/mol. The van der Waals surface area contributed by atoms with Gasteiger partial charge in [0, 0.05) is 0 Å². The first-order valence-corrected chi connectivity index (χ1v) is 6.41. The Hall–Kier alpha value is -1.22. The van der Waals surface area contributed by atoms with Gasteiger partial charge in [0.2, 0.25) is 0 Å². The molecule has 0 spiro atoms. The van der Waals surface area contributed by atoms with Crippen LogP contribution in [0.5, 0.6) is 5.75 Å². The molecule has 0 saturated carbocycles. The number of hydrogen-bond donors (Lipinski definition) is 1. The average molecular weight is 234 g/mol. The predicted molar refractivity (Wildman–Crippen MR) is 71.5 cm³/mol. The molecule has 0 unspecified atom stereocenters. The van der Waals surface area contributed by atoms with E-state index in [-0.39, 0.29) is 0 Å². The van der Waals surface area contributed by atoms with E-state index >= 15 is 0 Å². The fourth-order valence-corrected chi connectivity index (χ4v) is 2.43. The van der Waals surface area contributed by atoms with Gasteiger partial charge in [-0.25, -0.2) is 0 Å². The highest BCUT2D eigenvalue weighted by Crippen LogP contribution is 2.32. The van der Waals surface area contributed by atoms with Gasteiger partial charge in [-0.05, 0) is 63.5 Å². The molecule has 2 rings (SSSR count). The third kappa shape index (κ3) is 2.91. The molecule has 1 aromatic carbocycles. The van der Waals surface area contributed by atoms with Crippen molar-refractivity contribution in [2.75, 3.05) is 32.5 Å². The van der Waals surface area contributed by atoms with Crippen molar-refractivity contribution in [3.05, 3.63) is 23.8 Å². The van der Waals surface area contributed by atoms with Gasteiger partial charge in [-0.1, -0.05) is 6.07 Å². The van der Waals surface area contributed by atoms with Crippen molar-refractivity contribution < 1.29 is 4.74 Å². The molecule has 0 atom stereocenters. The minimum Gasteiger partial charge on any atom is -0.492 e. The van der Waals surface area contributed by atoms with Crippen LogP contribution in [0.25, 0.3) is 0 Å². The van der Waals surface area contributed by atoms with Gasteiger partial charge in [0.15, 0.2) is 0 Å². The number of rotatable bonds is 3. The molecule has 3 heteroatoms. The lowest BCUT2D eigenvalue weighted by molar-refractivity contribution is 0.255. The second-order valence-electron chi connectivity index (χ2n) is 4.81. The summed E-state index contributed by atoms with van der Waals surface area (Å²) in [7, 11) is 2.19. The molecule has 0 bridgehead atoms. The molecule has 1 aliphatic heterocycles. The molecule has 1 saturated heterocycles. The summed E-state index contributed by atoms with van der Waals surface area (Å²) in [5, 5.41) is 0. The van der Waals surface area contributed by atoms with E-state index in [0.717, 1.165) is 11.4 Å². The molecule has 3 nitrogen and oxygen atoms in total. The van der Waals surface area contributed by atoms with Gasteiger partial charge in [0.1, 0.15) is 5.75 Å². The Balaban J connectivity index is 2.12. The quantitative estimate of drug-likeness (QED) is 0.817. The number of nitrogen functional groups attached to an aromatic ring is 1. The zero-order valence-corrected chi connectivity index (χ0v) is 10.8. The number of piperidine rings is 1. The Labute approximate surface area is 104 Å². The first kappa shape index (κ1) is 12.2. The second kappa shape index (κ2) is 5.41. The minimum atomic E-state index is 0.658. The van der Waals surface area contributed by atoms with E-state index in [0.29, 0.717) is 12.5 Å². The van der Waals surface area contributed by atoms with Crippen molar-refractivity contribution in [3.63, 3.8) is 0 Å². The molecule has 1 fully saturated rings. The van der Waals surface area contributed by atoms with Crippen LogP contribution in [0.4, 0.5) is 5.69 Å². The van der Waals surface area contributed by atoms with E-state index < -0.39 is 0 Å². The maximum atomic E-state index is 5.89. The van der Waals surface area contributed by atoms with Crippen LogP contribution in [-0.2, 0) is 0 Å². The number of anilines is 1. The number of nitrogens with zero attached hydrogens (tertiary/aromatic N) is 1. The van der Waals surface area contributed by atoms with E-state index in [4.69, 9.17) is 10.5 Å². The Morgan fingerprint density at radius 3 is 2.71 bits per heavy atom. The third-order valence-corrected chi connectivity index (χ3v) is 3.53. The fraction of sp³-hybridized carbons (Fsp3) is 0.571. The van der Waals surface area contributed by atoms with Crippen molar-refractivity contribution in [1.29, 1.82) is 0 Å². The van der Waals surface area contributed by atoms with Gasteiger partial charge >= 0.3 is 0 Å². The van der Waals surface area contributed by atoms with Gasteiger partial charge in [-0.2, -0.15) is 0 Å². The zero-order chi connectivity index (χ0) is 12.3. The van der Waals surface area contributed by atoms with E-state index in [2.05, 4.69) is 24.1 Å². The molecule has 1 aromatic rings. The summed E-state index contributed by atoms with van der Waals surface area (Å²) in [4.78, 5) is 2.39. The number of hydrogen-bond acceptors (Lipinski definition) is 3. The van der Waals surface area contributed by atoms with Crippen molar-refractivity contribution in [3.8, 4) is 5.75 Å². The van der Waals surface area contributed by atoms with Crippen molar-refractivity contribution in [2.24, 2.45) is 0 Å². The number of nitrogens with two attached hydrogens (primary N) is 1. The van der Waals surface area contributed by atoms with Gasteiger partial charge in [-0.3, -0.25) is 0 Å². The summed E-state index contributed by atoms with van der Waals surface area (Å²) in [5.74, 6) is 1.50. The van der Waals surface area contributed by atoms with Crippen LogP contribution >= 0.6 is 0 Å². The molecule has 1 heterocycles. The summed E-state index contributed by atoms with van der Waals surface area (Å²) >= 11 is 0. The van der Waals surface area contributed by atoms with Gasteiger partial charge in [0.25, 0.3) is 0 Å². The molecular weight excluding hydrogens is 212 g/mol. The Kier molecular flexibility index (Phi) is 3.89. The highest BCUT2D eigenvalue weighted by Gasteiger charge is 2.19. The topological polar surface area (TPSA) is 38.5 Å². The predicted octanol–water partition coefficient (Wildman–Crippen LogP) is 2.48. The fourth-order valence-electron chi connectivity index (χ4n) is 2.43. The lowest BCUT2D eigenvalue weighted by atomic mass is 9.89.